The van der Waals surface area contributed by atoms with Crippen LogP contribution in [0.5, 0.6) is 5.75 Å². The topological polar surface area (TPSA) is 35.2 Å². The van der Waals surface area contributed by atoms with Crippen LogP contribution >= 0.6 is 15.9 Å². The first-order valence-electron chi connectivity index (χ1n) is 6.64. The first-order valence-corrected chi connectivity index (χ1v) is 7.43. The molecule has 2 atom stereocenters. The SMILES string of the molecule is CCC(N)C(Oc1ccc(F)c(Br)c1)c1ccc(F)cc1. The van der Waals surface area contributed by atoms with E-state index in [2.05, 4.69) is 15.9 Å². The largest absolute Gasteiger partial charge is 0.484 e. The molecule has 21 heavy (non-hydrogen) atoms. The van der Waals surface area contributed by atoms with Gasteiger partial charge in [-0.25, -0.2) is 8.78 Å². The Morgan fingerprint density at radius 2 is 1.81 bits per heavy atom. The second-order valence-corrected chi connectivity index (χ2v) is 5.59. The summed E-state index contributed by atoms with van der Waals surface area (Å²) in [5, 5.41) is 0. The van der Waals surface area contributed by atoms with Crippen molar-refractivity contribution in [2.24, 2.45) is 5.73 Å². The highest BCUT2D eigenvalue weighted by Gasteiger charge is 2.21. The van der Waals surface area contributed by atoms with Gasteiger partial charge < -0.3 is 10.5 Å². The molecule has 2 aromatic rings. The number of rotatable bonds is 5. The average molecular weight is 356 g/mol. The standard InChI is InChI=1S/C16H16BrF2NO/c1-2-15(20)16(10-3-5-11(18)6-4-10)21-12-7-8-14(19)13(17)9-12/h3-9,15-16H,2,20H2,1H3. The summed E-state index contributed by atoms with van der Waals surface area (Å²) >= 11 is 3.12. The lowest BCUT2D eigenvalue weighted by Gasteiger charge is -2.25. The molecule has 0 aliphatic heterocycles. The minimum absolute atomic E-state index is 0.251. The molecule has 112 valence electrons. The van der Waals surface area contributed by atoms with Crippen LogP contribution < -0.4 is 10.5 Å². The molecule has 0 saturated carbocycles. The number of hydrogen-bond acceptors (Lipinski definition) is 2. The molecule has 2 rings (SSSR count). The number of nitrogens with two attached hydrogens (primary N) is 1. The van der Waals surface area contributed by atoms with Crippen LogP contribution in [0.3, 0.4) is 0 Å². The third-order valence-corrected chi connectivity index (χ3v) is 3.82. The molecule has 0 aliphatic rings. The number of benzene rings is 2. The maximum Gasteiger partial charge on any atom is 0.139 e. The Morgan fingerprint density at radius 1 is 1.14 bits per heavy atom. The monoisotopic (exact) mass is 355 g/mol. The van der Waals surface area contributed by atoms with Gasteiger partial charge in [0.1, 0.15) is 23.5 Å². The minimum Gasteiger partial charge on any atom is -0.484 e. The van der Waals surface area contributed by atoms with E-state index >= 15 is 0 Å². The van der Waals surface area contributed by atoms with Crippen molar-refractivity contribution >= 4 is 15.9 Å². The summed E-state index contributed by atoms with van der Waals surface area (Å²) in [7, 11) is 0. The molecular weight excluding hydrogens is 340 g/mol. The summed E-state index contributed by atoms with van der Waals surface area (Å²) in [6.07, 6.45) is 0.276. The van der Waals surface area contributed by atoms with Crippen LogP contribution in [0.2, 0.25) is 0 Å². The Hall–Kier alpha value is -1.46. The molecule has 0 saturated heterocycles. The molecule has 2 nitrogen and oxygen atoms in total. The summed E-state index contributed by atoms with van der Waals surface area (Å²) in [5.41, 5.74) is 6.88. The van der Waals surface area contributed by atoms with E-state index in [1.165, 1.54) is 18.2 Å². The van der Waals surface area contributed by atoms with Crippen LogP contribution in [0.15, 0.2) is 46.9 Å². The van der Waals surface area contributed by atoms with Gasteiger partial charge in [-0.1, -0.05) is 19.1 Å². The van der Waals surface area contributed by atoms with Crippen molar-refractivity contribution in [1.29, 1.82) is 0 Å². The molecule has 0 heterocycles. The van der Waals surface area contributed by atoms with Gasteiger partial charge in [-0.05, 0) is 58.2 Å². The molecule has 5 heteroatoms. The molecule has 0 aromatic heterocycles. The second kappa shape index (κ2) is 7.00. The van der Waals surface area contributed by atoms with Gasteiger partial charge in [0.15, 0.2) is 0 Å². The fourth-order valence-corrected chi connectivity index (χ4v) is 2.32. The Bertz CT molecular complexity index is 604. The zero-order valence-corrected chi connectivity index (χ0v) is 13.1. The van der Waals surface area contributed by atoms with Crippen molar-refractivity contribution in [1.82, 2.24) is 0 Å². The van der Waals surface area contributed by atoms with Gasteiger partial charge in [0.05, 0.1) is 4.47 Å². The Kier molecular flexibility index (Phi) is 5.31. The van der Waals surface area contributed by atoms with Crippen molar-refractivity contribution < 1.29 is 13.5 Å². The van der Waals surface area contributed by atoms with E-state index in [9.17, 15) is 8.78 Å². The smallest absolute Gasteiger partial charge is 0.139 e. The van der Waals surface area contributed by atoms with Crippen molar-refractivity contribution in [3.05, 3.63) is 64.1 Å². The quantitative estimate of drug-likeness (QED) is 0.851. The molecule has 0 spiro atoms. The molecular formula is C16H16BrF2NO. The number of hydrogen-bond donors (Lipinski definition) is 1. The summed E-state index contributed by atoms with van der Waals surface area (Å²) < 4.78 is 32.5. The van der Waals surface area contributed by atoms with Crippen LogP contribution in [-0.4, -0.2) is 6.04 Å². The zero-order valence-electron chi connectivity index (χ0n) is 11.5. The average Bonchev–Trinajstić information content (AvgIpc) is 2.48. The van der Waals surface area contributed by atoms with Crippen molar-refractivity contribution in [3.8, 4) is 5.75 Å². The lowest BCUT2D eigenvalue weighted by Crippen LogP contribution is -2.31. The van der Waals surface area contributed by atoms with Crippen LogP contribution in [0.4, 0.5) is 8.78 Å². The summed E-state index contributed by atoms with van der Waals surface area (Å²) in [6, 6.07) is 10.2. The van der Waals surface area contributed by atoms with Crippen LogP contribution in [0.1, 0.15) is 25.0 Å². The molecule has 0 aliphatic carbocycles. The lowest BCUT2D eigenvalue weighted by molar-refractivity contribution is 0.170. The third-order valence-electron chi connectivity index (χ3n) is 3.21. The molecule has 2 aromatic carbocycles. The lowest BCUT2D eigenvalue weighted by atomic mass is 10.0. The summed E-state index contributed by atoms with van der Waals surface area (Å²) in [6.45, 7) is 1.95. The Morgan fingerprint density at radius 3 is 2.38 bits per heavy atom. The van der Waals surface area contributed by atoms with Gasteiger partial charge in [0.2, 0.25) is 0 Å². The summed E-state index contributed by atoms with van der Waals surface area (Å²) in [4.78, 5) is 0. The van der Waals surface area contributed by atoms with Crippen molar-refractivity contribution in [3.63, 3.8) is 0 Å². The Balaban J connectivity index is 2.28. The highest BCUT2D eigenvalue weighted by molar-refractivity contribution is 9.10. The maximum atomic E-state index is 13.3. The number of ether oxygens (including phenoxy) is 1. The maximum absolute atomic E-state index is 13.3. The Labute approximate surface area is 131 Å². The van der Waals surface area contributed by atoms with Crippen molar-refractivity contribution in [2.75, 3.05) is 0 Å². The van der Waals surface area contributed by atoms with E-state index in [0.29, 0.717) is 16.6 Å². The van der Waals surface area contributed by atoms with E-state index < -0.39 is 6.10 Å². The highest BCUT2D eigenvalue weighted by atomic mass is 79.9. The molecule has 2 unspecified atom stereocenters. The third kappa shape index (κ3) is 4.02. The van der Waals surface area contributed by atoms with E-state index in [0.717, 1.165) is 5.56 Å². The fourth-order valence-electron chi connectivity index (χ4n) is 1.97. The predicted octanol–water partition coefficient (Wildman–Crippen LogP) is 4.58. The molecule has 0 amide bonds. The van der Waals surface area contributed by atoms with E-state index in [1.807, 2.05) is 6.92 Å². The first-order chi connectivity index (χ1) is 10.0. The molecule has 2 N–H and O–H groups in total. The van der Waals surface area contributed by atoms with Gasteiger partial charge >= 0.3 is 0 Å². The van der Waals surface area contributed by atoms with Gasteiger partial charge in [0, 0.05) is 6.04 Å². The highest BCUT2D eigenvalue weighted by Crippen LogP contribution is 2.28. The normalized spacial score (nSPS) is 13.8. The van der Waals surface area contributed by atoms with Gasteiger partial charge in [-0.2, -0.15) is 0 Å². The van der Waals surface area contributed by atoms with Crippen LogP contribution in [0.25, 0.3) is 0 Å². The van der Waals surface area contributed by atoms with Gasteiger partial charge in [0.25, 0.3) is 0 Å². The molecule has 0 bridgehead atoms. The van der Waals surface area contributed by atoms with E-state index in [1.54, 1.807) is 24.3 Å². The predicted molar refractivity (Wildman–Crippen MR) is 82.1 cm³/mol. The van der Waals surface area contributed by atoms with Gasteiger partial charge in [-0.15, -0.1) is 0 Å². The van der Waals surface area contributed by atoms with Crippen LogP contribution in [-0.2, 0) is 0 Å². The minimum atomic E-state index is -0.423. The summed E-state index contributed by atoms with van der Waals surface area (Å²) in [5.74, 6) is -0.172. The van der Waals surface area contributed by atoms with Gasteiger partial charge in [-0.3, -0.25) is 0 Å². The molecule has 0 fully saturated rings. The van der Waals surface area contributed by atoms with E-state index in [-0.39, 0.29) is 17.7 Å². The molecule has 0 radical (unpaired) electrons. The fraction of sp³-hybridized carbons (Fsp3) is 0.250. The number of halogens is 3. The van der Waals surface area contributed by atoms with E-state index in [4.69, 9.17) is 10.5 Å². The zero-order chi connectivity index (χ0) is 15.4. The van der Waals surface area contributed by atoms with Crippen LogP contribution in [0, 0.1) is 11.6 Å². The second-order valence-electron chi connectivity index (χ2n) is 4.74. The first kappa shape index (κ1) is 15.9. The van der Waals surface area contributed by atoms with Crippen molar-refractivity contribution in [2.45, 2.75) is 25.5 Å².